The van der Waals surface area contributed by atoms with Crippen LogP contribution in [-0.2, 0) is 11.3 Å². The van der Waals surface area contributed by atoms with Gasteiger partial charge in [0, 0.05) is 63.9 Å². The molecule has 0 aromatic heterocycles. The van der Waals surface area contributed by atoms with Gasteiger partial charge in [0.2, 0.25) is 0 Å². The number of nitrogens with zero attached hydrogens (tertiary/aromatic N) is 3. The molecule has 1 saturated heterocycles. The van der Waals surface area contributed by atoms with E-state index in [2.05, 4.69) is 32.8 Å². The van der Waals surface area contributed by atoms with Gasteiger partial charge in [-0.1, -0.05) is 29.8 Å². The van der Waals surface area contributed by atoms with E-state index in [0.29, 0.717) is 35.4 Å². The molecule has 2 aromatic carbocycles. The van der Waals surface area contributed by atoms with Gasteiger partial charge in [0.25, 0.3) is 12.3 Å². The van der Waals surface area contributed by atoms with Crippen LogP contribution in [0.4, 0.5) is 0 Å². The minimum atomic E-state index is -0.659. The van der Waals surface area contributed by atoms with Crippen LogP contribution >= 0.6 is 11.6 Å². The number of ether oxygens (including phenoxy) is 1. The highest BCUT2D eigenvalue weighted by Gasteiger charge is 2.36. The molecule has 4 N–H and O–H groups in total. The zero-order valence-corrected chi connectivity index (χ0v) is 20.9. The van der Waals surface area contributed by atoms with Crippen molar-refractivity contribution in [2.45, 2.75) is 12.9 Å². The van der Waals surface area contributed by atoms with Crippen molar-refractivity contribution < 1.29 is 14.6 Å². The van der Waals surface area contributed by atoms with Crippen LogP contribution in [0.15, 0.2) is 60.0 Å². The van der Waals surface area contributed by atoms with E-state index in [1.807, 2.05) is 29.2 Å². The predicted octanol–water partition coefficient (Wildman–Crippen LogP) is 1.57. The number of hydrogen-bond acceptors (Lipinski definition) is 8. The molecule has 2 aliphatic rings. The Labute approximate surface area is 211 Å². The number of carbonyl (C=O) groups excluding carboxylic acids is 1. The summed E-state index contributed by atoms with van der Waals surface area (Å²) in [4.78, 5) is 19.9. The summed E-state index contributed by atoms with van der Waals surface area (Å²) in [5.41, 5.74) is 1.44. The van der Waals surface area contributed by atoms with Crippen molar-refractivity contribution in [3.8, 4) is 11.5 Å². The number of hydrogen-bond donors (Lipinski definition) is 4. The lowest BCUT2D eigenvalue weighted by Gasteiger charge is -2.32. The summed E-state index contributed by atoms with van der Waals surface area (Å²) in [6.07, 6.45) is -0.659. The van der Waals surface area contributed by atoms with Gasteiger partial charge in [-0.2, -0.15) is 0 Å². The molecule has 10 heteroatoms. The Morgan fingerprint density at radius 3 is 2.60 bits per heavy atom. The largest absolute Gasteiger partial charge is 0.508 e. The van der Waals surface area contributed by atoms with Crippen LogP contribution in [0.2, 0.25) is 5.02 Å². The number of nitrogens with one attached hydrogen (secondary N) is 3. The average molecular weight is 501 g/mol. The molecule has 1 unspecified atom stereocenters. The number of phenolic OH excluding ortho intramolecular Hbond substituents is 1. The monoisotopic (exact) mass is 500 g/mol. The number of piperazine rings is 1. The van der Waals surface area contributed by atoms with Crippen LogP contribution < -0.4 is 20.7 Å². The first-order chi connectivity index (χ1) is 16.9. The Hall–Kier alpha value is -3.14. The molecule has 2 aliphatic heterocycles. The Balaban J connectivity index is 1.49. The van der Waals surface area contributed by atoms with Gasteiger partial charge in [-0.3, -0.25) is 9.69 Å². The van der Waals surface area contributed by atoms with Crippen molar-refractivity contribution in [2.75, 3.05) is 53.4 Å². The van der Waals surface area contributed by atoms with Crippen molar-refractivity contribution >= 4 is 17.5 Å². The normalized spacial score (nSPS) is 18.9. The standard InChI is InChI=1S/C25H33ClN6O3/c1-27-23-22(24(34)28-10-11-31-14-12-30(2)13-15-31)32(17-18-6-8-19(26)9-7-18)25(29-23)35-21-5-3-4-20(33)16-21/h3-9,16,25,27,29,33H,10-15,17H2,1-2H3,(H,28,34). The Morgan fingerprint density at radius 2 is 1.91 bits per heavy atom. The molecule has 4 rings (SSSR count). The number of halogens is 1. The van der Waals surface area contributed by atoms with Gasteiger partial charge >= 0.3 is 0 Å². The fourth-order valence-corrected chi connectivity index (χ4v) is 4.30. The molecule has 0 radical (unpaired) electrons. The molecule has 0 aliphatic carbocycles. The summed E-state index contributed by atoms with van der Waals surface area (Å²) in [7, 11) is 3.89. The maximum Gasteiger partial charge on any atom is 0.271 e. The van der Waals surface area contributed by atoms with Crippen LogP contribution in [0.3, 0.4) is 0 Å². The Morgan fingerprint density at radius 1 is 1.17 bits per heavy atom. The maximum atomic E-state index is 13.4. The number of phenols is 1. The van der Waals surface area contributed by atoms with E-state index in [9.17, 15) is 9.90 Å². The maximum absolute atomic E-state index is 13.4. The highest BCUT2D eigenvalue weighted by atomic mass is 35.5. The fourth-order valence-electron chi connectivity index (χ4n) is 4.18. The molecule has 1 atom stereocenters. The third-order valence-corrected chi connectivity index (χ3v) is 6.43. The quantitative estimate of drug-likeness (QED) is 0.412. The van der Waals surface area contributed by atoms with Crippen molar-refractivity contribution in [3.05, 3.63) is 70.6 Å². The lowest BCUT2D eigenvalue weighted by molar-refractivity contribution is -0.120. The van der Waals surface area contributed by atoms with Crippen LogP contribution in [0.25, 0.3) is 0 Å². The first-order valence-corrected chi connectivity index (χ1v) is 12.1. The highest BCUT2D eigenvalue weighted by molar-refractivity contribution is 6.30. The topological polar surface area (TPSA) is 92.3 Å². The van der Waals surface area contributed by atoms with Gasteiger partial charge in [-0.15, -0.1) is 0 Å². The van der Waals surface area contributed by atoms with Crippen LogP contribution in [-0.4, -0.2) is 85.4 Å². The number of carbonyl (C=O) groups is 1. The molecule has 0 saturated carbocycles. The first-order valence-electron chi connectivity index (χ1n) is 11.8. The summed E-state index contributed by atoms with van der Waals surface area (Å²) in [6.45, 7) is 5.85. The lowest BCUT2D eigenvalue weighted by Crippen LogP contribution is -2.47. The van der Waals surface area contributed by atoms with Gasteiger partial charge in [-0.25, -0.2) is 0 Å². The summed E-state index contributed by atoms with van der Waals surface area (Å²) in [6, 6.07) is 14.1. The number of rotatable bonds is 9. The van der Waals surface area contributed by atoms with Gasteiger partial charge in [-0.05, 0) is 36.9 Å². The molecular weight excluding hydrogens is 468 g/mol. The molecule has 1 fully saturated rings. The van der Waals surface area contributed by atoms with Gasteiger partial charge in [0.05, 0.1) is 0 Å². The SMILES string of the molecule is CNC1=C(C(=O)NCCN2CCN(C)CC2)N(Cc2ccc(Cl)cc2)C(Oc2cccc(O)c2)N1. The van der Waals surface area contributed by atoms with Gasteiger partial charge in [0.15, 0.2) is 0 Å². The molecule has 2 aromatic rings. The second-order valence-corrected chi connectivity index (χ2v) is 9.18. The molecule has 9 nitrogen and oxygen atoms in total. The molecule has 1 amide bonds. The molecular formula is C25H33ClN6O3. The number of amides is 1. The van der Waals surface area contributed by atoms with Crippen LogP contribution in [0, 0.1) is 0 Å². The molecule has 2 heterocycles. The van der Waals surface area contributed by atoms with E-state index in [4.69, 9.17) is 16.3 Å². The molecule has 35 heavy (non-hydrogen) atoms. The fraction of sp³-hybridized carbons (Fsp3) is 0.400. The van der Waals surface area contributed by atoms with Crippen molar-refractivity contribution in [1.29, 1.82) is 0 Å². The third-order valence-electron chi connectivity index (χ3n) is 6.18. The Bertz CT molecular complexity index is 1040. The molecule has 188 valence electrons. The highest BCUT2D eigenvalue weighted by Crippen LogP contribution is 2.27. The van der Waals surface area contributed by atoms with Crippen LogP contribution in [0.5, 0.6) is 11.5 Å². The lowest BCUT2D eigenvalue weighted by atomic mass is 10.2. The second kappa shape index (κ2) is 11.5. The van der Waals surface area contributed by atoms with Crippen molar-refractivity contribution in [1.82, 2.24) is 30.7 Å². The van der Waals surface area contributed by atoms with Crippen LogP contribution in [0.1, 0.15) is 5.56 Å². The van der Waals surface area contributed by atoms with E-state index >= 15 is 0 Å². The van der Waals surface area contributed by atoms with Crippen molar-refractivity contribution in [3.63, 3.8) is 0 Å². The van der Waals surface area contributed by atoms with Crippen molar-refractivity contribution in [2.24, 2.45) is 0 Å². The zero-order chi connectivity index (χ0) is 24.8. The number of likely N-dealkylation sites (N-methyl/N-ethyl adjacent to an activating group) is 1. The average Bonchev–Trinajstić information content (AvgIpc) is 3.18. The number of benzene rings is 2. The first kappa shape index (κ1) is 25.0. The van der Waals surface area contributed by atoms with E-state index in [1.165, 1.54) is 6.07 Å². The van der Waals surface area contributed by atoms with Gasteiger partial charge < -0.3 is 35.6 Å². The summed E-state index contributed by atoms with van der Waals surface area (Å²) in [5.74, 6) is 0.970. The predicted molar refractivity (Wildman–Crippen MR) is 136 cm³/mol. The van der Waals surface area contributed by atoms with E-state index in [-0.39, 0.29) is 11.7 Å². The molecule has 0 bridgehead atoms. The zero-order valence-electron chi connectivity index (χ0n) is 20.1. The van der Waals surface area contributed by atoms with E-state index < -0.39 is 6.35 Å². The summed E-state index contributed by atoms with van der Waals surface area (Å²) >= 11 is 6.07. The smallest absolute Gasteiger partial charge is 0.271 e. The summed E-state index contributed by atoms with van der Waals surface area (Å²) < 4.78 is 6.14. The van der Waals surface area contributed by atoms with Gasteiger partial charge in [0.1, 0.15) is 23.0 Å². The number of aromatic hydroxyl groups is 1. The third kappa shape index (κ3) is 6.50. The minimum absolute atomic E-state index is 0.105. The minimum Gasteiger partial charge on any atom is -0.508 e. The van der Waals surface area contributed by atoms with E-state index in [0.717, 1.165) is 38.3 Å². The summed E-state index contributed by atoms with van der Waals surface area (Å²) in [5, 5.41) is 19.9. The second-order valence-electron chi connectivity index (χ2n) is 8.74. The van der Waals surface area contributed by atoms with E-state index in [1.54, 1.807) is 25.2 Å². The molecule has 0 spiro atoms. The Kier molecular flexibility index (Phi) is 8.22.